The number of rotatable bonds is 3. The van der Waals surface area contributed by atoms with Gasteiger partial charge in [-0.3, -0.25) is 4.79 Å². The first-order valence-electron chi connectivity index (χ1n) is 5.47. The smallest absolute Gasteiger partial charge is 0.242 e. The first-order chi connectivity index (χ1) is 7.98. The molecule has 17 heavy (non-hydrogen) atoms. The van der Waals surface area contributed by atoms with Gasteiger partial charge in [-0.05, 0) is 12.8 Å². The van der Waals surface area contributed by atoms with Gasteiger partial charge in [0, 0.05) is 31.7 Å². The van der Waals surface area contributed by atoms with Crippen LogP contribution in [0.25, 0.3) is 0 Å². The van der Waals surface area contributed by atoms with Gasteiger partial charge in [-0.25, -0.2) is 13.4 Å². The second-order valence-corrected chi connectivity index (χ2v) is 6.11. The van der Waals surface area contributed by atoms with Gasteiger partial charge in [0.1, 0.15) is 6.54 Å². The van der Waals surface area contributed by atoms with Crippen LogP contribution in [-0.4, -0.2) is 48.1 Å². The van der Waals surface area contributed by atoms with Crippen molar-refractivity contribution < 1.29 is 13.2 Å². The standard InChI is InChI=1S/C10H15N3O3S/c1-17(15,16)10-11-4-7-13(10)8-9(14)12-5-2-3-6-12/h4,7H,2-3,5-6,8H2,1H3. The Morgan fingerprint density at radius 3 is 2.65 bits per heavy atom. The lowest BCUT2D eigenvalue weighted by molar-refractivity contribution is -0.130. The molecule has 0 saturated carbocycles. The van der Waals surface area contributed by atoms with Crippen LogP contribution in [0.15, 0.2) is 17.6 Å². The highest BCUT2D eigenvalue weighted by molar-refractivity contribution is 7.90. The van der Waals surface area contributed by atoms with Gasteiger partial charge in [0.25, 0.3) is 0 Å². The van der Waals surface area contributed by atoms with E-state index in [0.717, 1.165) is 32.2 Å². The van der Waals surface area contributed by atoms with Crippen LogP contribution in [0.5, 0.6) is 0 Å². The van der Waals surface area contributed by atoms with Crippen molar-refractivity contribution in [2.75, 3.05) is 19.3 Å². The Morgan fingerprint density at radius 2 is 2.06 bits per heavy atom. The van der Waals surface area contributed by atoms with Gasteiger partial charge >= 0.3 is 0 Å². The van der Waals surface area contributed by atoms with Gasteiger partial charge in [-0.2, -0.15) is 0 Å². The minimum Gasteiger partial charge on any atom is -0.341 e. The molecule has 1 aromatic rings. The van der Waals surface area contributed by atoms with Gasteiger partial charge in [0.15, 0.2) is 0 Å². The highest BCUT2D eigenvalue weighted by Gasteiger charge is 2.21. The zero-order valence-electron chi connectivity index (χ0n) is 9.66. The van der Waals surface area contributed by atoms with E-state index in [4.69, 9.17) is 0 Å². The van der Waals surface area contributed by atoms with E-state index in [1.165, 1.54) is 17.0 Å². The summed E-state index contributed by atoms with van der Waals surface area (Å²) in [6.07, 6.45) is 6.05. The van der Waals surface area contributed by atoms with Crippen molar-refractivity contribution in [1.82, 2.24) is 14.5 Å². The molecular formula is C10H15N3O3S. The molecule has 2 heterocycles. The lowest BCUT2D eigenvalue weighted by Crippen LogP contribution is -2.31. The summed E-state index contributed by atoms with van der Waals surface area (Å²) >= 11 is 0. The van der Waals surface area contributed by atoms with Crippen LogP contribution in [0.2, 0.25) is 0 Å². The van der Waals surface area contributed by atoms with Crippen molar-refractivity contribution in [2.24, 2.45) is 0 Å². The van der Waals surface area contributed by atoms with E-state index >= 15 is 0 Å². The number of hydrogen-bond acceptors (Lipinski definition) is 4. The minimum absolute atomic E-state index is 0.0441. The van der Waals surface area contributed by atoms with E-state index in [1.807, 2.05) is 0 Å². The summed E-state index contributed by atoms with van der Waals surface area (Å²) in [6.45, 7) is 1.58. The van der Waals surface area contributed by atoms with Crippen molar-refractivity contribution in [3.05, 3.63) is 12.4 Å². The first kappa shape index (κ1) is 12.1. The summed E-state index contributed by atoms with van der Waals surface area (Å²) in [5.74, 6) is -0.0506. The molecule has 1 aliphatic heterocycles. The SMILES string of the molecule is CS(=O)(=O)c1nccn1CC(=O)N1CCCC1. The Bertz CT molecular complexity index is 515. The molecule has 0 aliphatic carbocycles. The van der Waals surface area contributed by atoms with Crippen molar-refractivity contribution >= 4 is 15.7 Å². The van der Waals surface area contributed by atoms with Gasteiger partial charge in [0.05, 0.1) is 0 Å². The Hall–Kier alpha value is -1.37. The number of sulfone groups is 1. The van der Waals surface area contributed by atoms with Crippen molar-refractivity contribution in [2.45, 2.75) is 24.5 Å². The van der Waals surface area contributed by atoms with E-state index < -0.39 is 9.84 Å². The number of hydrogen-bond donors (Lipinski definition) is 0. The lowest BCUT2D eigenvalue weighted by Gasteiger charge is -2.15. The number of amides is 1. The fourth-order valence-corrected chi connectivity index (χ4v) is 2.76. The van der Waals surface area contributed by atoms with E-state index in [9.17, 15) is 13.2 Å². The first-order valence-corrected chi connectivity index (χ1v) is 7.36. The molecule has 1 aromatic heterocycles. The number of imidazole rings is 1. The highest BCUT2D eigenvalue weighted by atomic mass is 32.2. The Balaban J connectivity index is 2.14. The zero-order chi connectivity index (χ0) is 12.5. The number of likely N-dealkylation sites (tertiary alicyclic amines) is 1. The van der Waals surface area contributed by atoms with Gasteiger partial charge in [0.2, 0.25) is 20.9 Å². The van der Waals surface area contributed by atoms with Crippen LogP contribution >= 0.6 is 0 Å². The summed E-state index contributed by atoms with van der Waals surface area (Å²) in [5.41, 5.74) is 0. The Labute approximate surface area is 100 Å². The Kier molecular flexibility index (Phi) is 3.19. The lowest BCUT2D eigenvalue weighted by atomic mass is 10.4. The topological polar surface area (TPSA) is 72.3 Å². The average molecular weight is 257 g/mol. The fraction of sp³-hybridized carbons (Fsp3) is 0.600. The van der Waals surface area contributed by atoms with Gasteiger partial charge < -0.3 is 9.47 Å². The second-order valence-electron chi connectivity index (χ2n) is 4.20. The third-order valence-electron chi connectivity index (χ3n) is 2.77. The molecule has 0 spiro atoms. The van der Waals surface area contributed by atoms with Crippen LogP contribution in [0.4, 0.5) is 0 Å². The third-order valence-corrected chi connectivity index (χ3v) is 3.78. The fourth-order valence-electron chi connectivity index (χ4n) is 1.96. The second kappa shape index (κ2) is 4.48. The van der Waals surface area contributed by atoms with Crippen LogP contribution in [0.3, 0.4) is 0 Å². The molecule has 0 N–H and O–H groups in total. The summed E-state index contributed by atoms with van der Waals surface area (Å²) in [5, 5.41) is -0.0509. The molecule has 6 nitrogen and oxygen atoms in total. The van der Waals surface area contributed by atoms with E-state index in [1.54, 1.807) is 4.90 Å². The van der Waals surface area contributed by atoms with Gasteiger partial charge in [-0.1, -0.05) is 0 Å². The maximum Gasteiger partial charge on any atom is 0.242 e. The van der Waals surface area contributed by atoms with Crippen molar-refractivity contribution in [3.63, 3.8) is 0 Å². The predicted octanol–water partition coefficient (Wildman–Crippen LogP) is -0.0910. The zero-order valence-corrected chi connectivity index (χ0v) is 10.5. The van der Waals surface area contributed by atoms with Crippen LogP contribution in [-0.2, 0) is 21.2 Å². The number of carbonyl (C=O) groups is 1. The number of carbonyl (C=O) groups excluding carboxylic acids is 1. The van der Waals surface area contributed by atoms with Crippen LogP contribution in [0.1, 0.15) is 12.8 Å². The molecule has 0 bridgehead atoms. The molecule has 0 aromatic carbocycles. The molecule has 1 saturated heterocycles. The molecule has 2 rings (SSSR count). The monoisotopic (exact) mass is 257 g/mol. The third kappa shape index (κ3) is 2.66. The predicted molar refractivity (Wildman–Crippen MR) is 61.2 cm³/mol. The molecule has 0 atom stereocenters. The maximum atomic E-state index is 11.9. The quantitative estimate of drug-likeness (QED) is 0.758. The van der Waals surface area contributed by atoms with E-state index in [-0.39, 0.29) is 17.6 Å². The molecule has 1 aliphatic rings. The van der Waals surface area contributed by atoms with Crippen molar-refractivity contribution in [1.29, 1.82) is 0 Å². The van der Waals surface area contributed by atoms with Gasteiger partial charge in [-0.15, -0.1) is 0 Å². The molecule has 7 heteroatoms. The average Bonchev–Trinajstić information content (AvgIpc) is 2.85. The largest absolute Gasteiger partial charge is 0.341 e. The summed E-state index contributed by atoms with van der Waals surface area (Å²) in [6, 6.07) is 0. The van der Waals surface area contributed by atoms with Crippen molar-refractivity contribution in [3.8, 4) is 0 Å². The summed E-state index contributed by atoms with van der Waals surface area (Å²) in [4.78, 5) is 17.4. The van der Waals surface area contributed by atoms with Crippen LogP contribution < -0.4 is 0 Å². The number of aromatic nitrogens is 2. The molecule has 0 unspecified atom stereocenters. The molecular weight excluding hydrogens is 242 g/mol. The van der Waals surface area contributed by atoms with E-state index in [0.29, 0.717) is 0 Å². The minimum atomic E-state index is -3.38. The summed E-state index contributed by atoms with van der Waals surface area (Å²) in [7, 11) is -3.38. The molecule has 1 fully saturated rings. The highest BCUT2D eigenvalue weighted by Crippen LogP contribution is 2.11. The number of nitrogens with zero attached hydrogens (tertiary/aromatic N) is 3. The maximum absolute atomic E-state index is 11.9. The molecule has 94 valence electrons. The Morgan fingerprint density at radius 1 is 1.41 bits per heavy atom. The summed E-state index contributed by atoms with van der Waals surface area (Å²) < 4.78 is 24.2. The molecule has 0 radical (unpaired) electrons. The van der Waals surface area contributed by atoms with Crippen LogP contribution in [0, 0.1) is 0 Å². The molecule has 1 amide bonds. The van der Waals surface area contributed by atoms with E-state index in [2.05, 4.69) is 4.98 Å². The normalized spacial score (nSPS) is 16.4.